The summed E-state index contributed by atoms with van der Waals surface area (Å²) in [5, 5.41) is 17.2. The lowest BCUT2D eigenvalue weighted by molar-refractivity contribution is -0.126. The molecule has 27 heteroatoms. The number of benzene rings is 6. The topological polar surface area (TPSA) is 374 Å². The number of morpholine rings is 1. The maximum atomic E-state index is 12.8. The predicted octanol–water partition coefficient (Wildman–Crippen LogP) is 11.0. The van der Waals surface area contributed by atoms with Crippen LogP contribution in [0.5, 0.6) is 34.5 Å². The number of para-hydroxylation sites is 3. The van der Waals surface area contributed by atoms with Crippen LogP contribution in [0.1, 0.15) is 113 Å². The highest BCUT2D eigenvalue weighted by molar-refractivity contribution is 6.05. The summed E-state index contributed by atoms with van der Waals surface area (Å²) in [4.78, 5) is 82.1. The zero-order valence-electron chi connectivity index (χ0n) is 63.7. The highest BCUT2D eigenvalue weighted by atomic mass is 16.5. The normalized spacial score (nSPS) is 22.2. The van der Waals surface area contributed by atoms with Crippen LogP contribution in [0.15, 0.2) is 201 Å². The highest BCUT2D eigenvalue weighted by Crippen LogP contribution is 2.61. The number of hydrogen-bond donors (Lipinski definition) is 7. The van der Waals surface area contributed by atoms with E-state index >= 15 is 0 Å². The Morgan fingerprint density at radius 2 is 0.814 bits per heavy atom. The lowest BCUT2D eigenvalue weighted by Gasteiger charge is -2.57. The fourth-order valence-electron chi connectivity index (χ4n) is 17.0. The minimum Gasteiger partial charge on any atom is -0.457 e. The molecule has 3 saturated heterocycles. The van der Waals surface area contributed by atoms with Crippen LogP contribution in [0.25, 0.3) is 33.8 Å². The van der Waals surface area contributed by atoms with Crippen molar-refractivity contribution in [3.8, 4) is 68.3 Å². The second-order valence-corrected chi connectivity index (χ2v) is 31.1. The fraction of sp³-hybridized carbons (Fsp3) is 0.337. The summed E-state index contributed by atoms with van der Waals surface area (Å²) >= 11 is 0. The third kappa shape index (κ3) is 17.4. The molecule has 3 aliphatic heterocycles. The first kappa shape index (κ1) is 77.4. The van der Waals surface area contributed by atoms with Gasteiger partial charge in [-0.05, 0) is 210 Å². The number of nitrogens with zero attached hydrogens (tertiary/aromatic N) is 10. The second kappa shape index (κ2) is 33.3. The summed E-state index contributed by atoms with van der Waals surface area (Å²) < 4.78 is 28.2. The zero-order chi connectivity index (χ0) is 79.1. The number of nitrogens with one attached hydrogen (secondary N) is 1. The number of ether oxygens (including phenoxy) is 4. The van der Waals surface area contributed by atoms with Gasteiger partial charge in [0.15, 0.2) is 0 Å². The van der Waals surface area contributed by atoms with Gasteiger partial charge in [-0.1, -0.05) is 73.3 Å². The Hall–Kier alpha value is -12.3. The van der Waals surface area contributed by atoms with Gasteiger partial charge in [-0.3, -0.25) is 33.7 Å². The molecule has 7 aliphatic rings. The minimum absolute atomic E-state index is 0.0504. The molecule has 4 saturated carbocycles. The quantitative estimate of drug-likeness (QED) is 0.0293. The summed E-state index contributed by atoms with van der Waals surface area (Å²) in [5.74, 6) is 3.27. The van der Waals surface area contributed by atoms with E-state index in [0.717, 1.165) is 164 Å². The van der Waals surface area contributed by atoms with Gasteiger partial charge in [0, 0.05) is 87.2 Å². The molecule has 9 aromatic rings. The molecule has 6 aromatic carbocycles. The molecule has 0 atom stereocenters. The molecule has 0 radical (unpaired) electrons. The van der Waals surface area contributed by atoms with Crippen molar-refractivity contribution in [1.82, 2.24) is 54.3 Å². The van der Waals surface area contributed by atoms with Crippen LogP contribution >= 0.6 is 0 Å². The first-order valence-corrected chi connectivity index (χ1v) is 38.3. The van der Waals surface area contributed by atoms with Crippen molar-refractivity contribution in [2.45, 2.75) is 88.4 Å². The molecule has 7 fully saturated rings. The van der Waals surface area contributed by atoms with Crippen LogP contribution in [-0.4, -0.2) is 170 Å². The van der Waals surface area contributed by atoms with Crippen molar-refractivity contribution in [3.63, 3.8) is 0 Å². The van der Waals surface area contributed by atoms with E-state index in [9.17, 15) is 28.8 Å². The Balaban J connectivity index is 0.000000141. The third-order valence-electron chi connectivity index (χ3n) is 22.8. The number of likely N-dealkylation sites (tertiary alicyclic amines) is 2. The first-order valence-electron chi connectivity index (χ1n) is 38.3. The summed E-state index contributed by atoms with van der Waals surface area (Å²) in [7, 11) is 3.94. The molecule has 586 valence electrons. The summed E-state index contributed by atoms with van der Waals surface area (Å²) in [6.07, 6.45) is 17.5. The number of likely N-dealkylation sites (N-methyl/N-ethyl adjacent to an activating group) is 1. The standard InChI is InChI=1S/C31H36N6O4.C29H34N6O3.C26H27N5O3/c32-29-27(30(33)39)28(22-8-10-25(11-9-22)41-24-5-2-1-3-6-24)34-37(29)23-19-31(20-23)12-14-36(21-31)26(38)7-4-13-35-15-17-40-18-16-35;1-33(2)15-6-9-24(36)34-16-14-29(19-34)17-21(18-29)35-27(30)25(28(31)37)26(32-35)20-10-12-23(13-11-20)38-22-7-4-3-5-8-22;1-2-21(32)29-17-12-26(13-17)14-18(15-26)31-24(27)22(25(28)33)23(30-31)16-8-10-20(11-9-16)34-19-6-4-3-5-7-19/h1-11,23H,12-21,32H2,(H2,33,39);3-13,21H,14-19,30H2,1-2H3,(H2,31,37);2-11,17-18H,1,12-15,27H2,(H2,28,33)(H,29,32)/b7-4+;9-6+;. The van der Waals surface area contributed by atoms with Crippen LogP contribution in [0, 0.1) is 16.2 Å². The maximum Gasteiger partial charge on any atom is 0.254 e. The van der Waals surface area contributed by atoms with Crippen LogP contribution < -0.4 is 53.9 Å². The van der Waals surface area contributed by atoms with Gasteiger partial charge in [0.05, 0.1) is 31.3 Å². The highest BCUT2D eigenvalue weighted by Gasteiger charge is 2.55. The Labute approximate surface area is 656 Å². The Morgan fingerprint density at radius 3 is 1.15 bits per heavy atom. The average molecular weight is 1530 g/mol. The number of anilines is 3. The summed E-state index contributed by atoms with van der Waals surface area (Å²) in [5.41, 5.74) is 41.0. The molecule has 27 nitrogen and oxygen atoms in total. The van der Waals surface area contributed by atoms with Gasteiger partial charge in [0.25, 0.3) is 17.7 Å². The van der Waals surface area contributed by atoms with Crippen LogP contribution in [0.3, 0.4) is 0 Å². The molecule has 113 heavy (non-hydrogen) atoms. The van der Waals surface area contributed by atoms with Gasteiger partial charge in [-0.25, -0.2) is 14.0 Å². The van der Waals surface area contributed by atoms with Crippen molar-refractivity contribution in [2.24, 2.45) is 33.4 Å². The van der Waals surface area contributed by atoms with Gasteiger partial charge in [-0.15, -0.1) is 0 Å². The van der Waals surface area contributed by atoms with E-state index in [4.69, 9.17) is 68.6 Å². The number of primary amides is 3. The minimum atomic E-state index is -0.607. The second-order valence-electron chi connectivity index (χ2n) is 31.1. The van der Waals surface area contributed by atoms with Gasteiger partial charge in [-0.2, -0.15) is 15.3 Å². The number of hydrogen-bond acceptors (Lipinski definition) is 18. The smallest absolute Gasteiger partial charge is 0.254 e. The Kier molecular flexibility index (Phi) is 22.8. The SMILES string of the molecule is C=CC(=O)NC1CC2(C1)CC(n1nc(-c3ccc(Oc4ccccc4)cc3)c(C(N)=O)c1N)C2.CN(C)C/C=C/C(=O)N1CCC2(CC(n3nc(-c4ccc(Oc5ccccc5)cc4)c(C(N)=O)c3N)C2)C1.NC(=O)c1c(-c2ccc(Oc3ccccc3)cc2)nn(C2CC3(CCN(C(=O)/C=C/CN4CCOCC4)C3)C2)c1N. The molecular formula is C86H97N17O10. The van der Waals surface area contributed by atoms with Crippen molar-refractivity contribution >= 4 is 52.9 Å². The lowest BCUT2D eigenvalue weighted by atomic mass is 9.52. The molecule has 13 N–H and O–H groups in total. The monoisotopic (exact) mass is 1530 g/mol. The van der Waals surface area contributed by atoms with E-state index in [1.807, 2.05) is 205 Å². The fourth-order valence-corrected chi connectivity index (χ4v) is 17.0. The van der Waals surface area contributed by atoms with E-state index < -0.39 is 17.7 Å². The number of carbonyl (C=O) groups excluding carboxylic acids is 6. The Morgan fingerprint density at radius 1 is 0.478 bits per heavy atom. The number of aromatic nitrogens is 6. The number of nitrogens with two attached hydrogens (primary N) is 6. The number of rotatable bonds is 23. The van der Waals surface area contributed by atoms with Gasteiger partial charge >= 0.3 is 0 Å². The van der Waals surface area contributed by atoms with Crippen molar-refractivity contribution in [1.29, 1.82) is 0 Å². The van der Waals surface area contributed by atoms with E-state index in [2.05, 4.69) is 16.8 Å². The average Bonchev–Trinajstić information content (AvgIpc) is 1.38. The van der Waals surface area contributed by atoms with Crippen LogP contribution in [0.2, 0.25) is 0 Å². The van der Waals surface area contributed by atoms with Crippen molar-refractivity contribution in [3.05, 3.63) is 217 Å². The van der Waals surface area contributed by atoms with Crippen LogP contribution in [-0.2, 0) is 19.1 Å². The largest absolute Gasteiger partial charge is 0.457 e. The predicted molar refractivity (Wildman–Crippen MR) is 431 cm³/mol. The molecular weight excluding hydrogens is 1430 g/mol. The molecule has 4 aliphatic carbocycles. The van der Waals surface area contributed by atoms with E-state index in [-0.39, 0.29) is 86.5 Å². The summed E-state index contributed by atoms with van der Waals surface area (Å²) in [6.45, 7) is 11.2. The number of carbonyl (C=O) groups is 6. The van der Waals surface area contributed by atoms with Gasteiger partial charge in [0.1, 0.15) is 85.7 Å². The van der Waals surface area contributed by atoms with E-state index in [1.165, 1.54) is 6.08 Å². The first-order chi connectivity index (χ1) is 54.5. The van der Waals surface area contributed by atoms with Crippen LogP contribution in [0.4, 0.5) is 17.5 Å². The molecule has 3 spiro atoms. The molecule has 0 bridgehead atoms. The molecule has 6 amide bonds. The molecule has 0 unspecified atom stereocenters. The zero-order valence-corrected chi connectivity index (χ0v) is 63.7. The summed E-state index contributed by atoms with van der Waals surface area (Å²) in [6, 6.07) is 51.0. The number of nitrogen functional groups attached to an aromatic ring is 3. The van der Waals surface area contributed by atoms with E-state index in [0.29, 0.717) is 40.1 Å². The molecule has 16 rings (SSSR count). The maximum absolute atomic E-state index is 12.8. The molecule has 3 aromatic heterocycles. The number of amides is 6. The van der Waals surface area contributed by atoms with Gasteiger partial charge in [0.2, 0.25) is 17.7 Å². The van der Waals surface area contributed by atoms with Gasteiger partial charge < -0.3 is 73.4 Å². The van der Waals surface area contributed by atoms with Crippen molar-refractivity contribution < 1.29 is 47.7 Å². The van der Waals surface area contributed by atoms with Crippen molar-refractivity contribution in [2.75, 3.05) is 96.9 Å². The Bertz CT molecular complexity index is 4990. The third-order valence-corrected chi connectivity index (χ3v) is 22.8. The lowest BCUT2D eigenvalue weighted by Crippen LogP contribution is -2.56. The van der Waals surface area contributed by atoms with E-state index in [1.54, 1.807) is 26.2 Å². The molecule has 6 heterocycles.